The third-order valence-electron chi connectivity index (χ3n) is 3.92. The Labute approximate surface area is 123 Å². The van der Waals surface area contributed by atoms with E-state index >= 15 is 0 Å². The van der Waals surface area contributed by atoms with E-state index in [9.17, 15) is 0 Å². The molecule has 4 rings (SSSR count). The van der Waals surface area contributed by atoms with E-state index in [1.54, 1.807) is 0 Å². The molecule has 0 amide bonds. The number of nitrogens with one attached hydrogen (secondary N) is 1. The number of pyridine rings is 1. The van der Waals surface area contributed by atoms with Crippen molar-refractivity contribution >= 4 is 21.9 Å². The van der Waals surface area contributed by atoms with Gasteiger partial charge in [0.15, 0.2) is 0 Å². The molecule has 102 valence electrons. The Morgan fingerprint density at radius 2 is 1.67 bits per heavy atom. The lowest BCUT2D eigenvalue weighted by Crippen LogP contribution is -2.13. The average Bonchev–Trinajstić information content (AvgIpc) is 2.93. The number of hydrogen-bond acceptors (Lipinski definition) is 1. The summed E-state index contributed by atoms with van der Waals surface area (Å²) in [6, 6.07) is 20.8. The molecule has 2 nitrogen and oxygen atoms in total. The van der Waals surface area contributed by atoms with E-state index in [1.165, 1.54) is 16.3 Å². The van der Waals surface area contributed by atoms with Crippen molar-refractivity contribution < 1.29 is 9.40 Å². The fourth-order valence-electron chi connectivity index (χ4n) is 2.85. The lowest BCUT2D eigenvalue weighted by molar-refractivity contribution is -0.375. The first-order chi connectivity index (χ1) is 10.4. The molecule has 2 heterocycles. The van der Waals surface area contributed by atoms with E-state index in [4.69, 9.17) is 4.42 Å². The molecule has 0 radical (unpaired) electrons. The SMILES string of the molecule is CCc1[nH+]c(-c2ccccc2)cc2c1oc1ccccc12. The van der Waals surface area contributed by atoms with Crippen LogP contribution in [0, 0.1) is 0 Å². The highest BCUT2D eigenvalue weighted by Gasteiger charge is 2.18. The Balaban J connectivity index is 2.08. The normalized spacial score (nSPS) is 11.3. The quantitative estimate of drug-likeness (QED) is 0.523. The van der Waals surface area contributed by atoms with Crippen LogP contribution in [0.15, 0.2) is 65.1 Å². The van der Waals surface area contributed by atoms with Crippen molar-refractivity contribution in [3.05, 3.63) is 66.4 Å². The number of furan rings is 1. The number of hydrogen-bond donors (Lipinski definition) is 0. The first-order valence-electron chi connectivity index (χ1n) is 7.28. The first-order valence-corrected chi connectivity index (χ1v) is 7.28. The van der Waals surface area contributed by atoms with Crippen molar-refractivity contribution in [3.63, 3.8) is 0 Å². The number of fused-ring (bicyclic) bond motifs is 3. The van der Waals surface area contributed by atoms with Crippen LogP contribution in [0.1, 0.15) is 12.6 Å². The lowest BCUT2D eigenvalue weighted by Gasteiger charge is -1.98. The average molecular weight is 274 g/mol. The Morgan fingerprint density at radius 1 is 0.905 bits per heavy atom. The van der Waals surface area contributed by atoms with Gasteiger partial charge in [-0.3, -0.25) is 0 Å². The Bertz CT molecular complexity index is 922. The van der Waals surface area contributed by atoms with Gasteiger partial charge in [0.05, 0.1) is 0 Å². The predicted octanol–water partition coefficient (Wildman–Crippen LogP) is 4.63. The summed E-state index contributed by atoms with van der Waals surface area (Å²) in [5.74, 6) is 0. The van der Waals surface area contributed by atoms with Gasteiger partial charge in [0.25, 0.3) is 0 Å². The molecule has 0 saturated heterocycles. The fourth-order valence-corrected chi connectivity index (χ4v) is 2.85. The molecule has 1 N–H and O–H groups in total. The van der Waals surface area contributed by atoms with Crippen LogP contribution in [0.2, 0.25) is 0 Å². The minimum Gasteiger partial charge on any atom is -0.449 e. The second-order valence-electron chi connectivity index (χ2n) is 5.22. The van der Waals surface area contributed by atoms with Crippen LogP contribution in [0.25, 0.3) is 33.2 Å². The van der Waals surface area contributed by atoms with Gasteiger partial charge in [0, 0.05) is 28.8 Å². The molecule has 0 atom stereocenters. The summed E-state index contributed by atoms with van der Waals surface area (Å²) in [5, 5.41) is 2.36. The van der Waals surface area contributed by atoms with Gasteiger partial charge >= 0.3 is 0 Å². The van der Waals surface area contributed by atoms with Crippen LogP contribution in [0.3, 0.4) is 0 Å². The molecule has 0 bridgehead atoms. The van der Waals surface area contributed by atoms with E-state index in [0.717, 1.165) is 29.0 Å². The molecule has 0 unspecified atom stereocenters. The van der Waals surface area contributed by atoms with Gasteiger partial charge in [0.2, 0.25) is 17.0 Å². The number of H-pyrrole nitrogens is 1. The van der Waals surface area contributed by atoms with E-state index in [2.05, 4.69) is 54.4 Å². The van der Waals surface area contributed by atoms with Gasteiger partial charge in [-0.25, -0.2) is 4.98 Å². The summed E-state index contributed by atoms with van der Waals surface area (Å²) >= 11 is 0. The maximum absolute atomic E-state index is 6.03. The third kappa shape index (κ3) is 1.91. The summed E-state index contributed by atoms with van der Waals surface area (Å²) in [7, 11) is 0. The van der Waals surface area contributed by atoms with Gasteiger partial charge in [-0.15, -0.1) is 0 Å². The molecule has 0 aliphatic carbocycles. The van der Waals surface area contributed by atoms with E-state index in [0.29, 0.717) is 0 Å². The maximum atomic E-state index is 6.03. The minimum atomic E-state index is 0.914. The number of rotatable bonds is 2. The topological polar surface area (TPSA) is 27.3 Å². The molecular formula is C19H16NO+. The standard InChI is InChI=1S/C19H15NO/c1-2-16-19-15(14-10-6-7-11-18(14)21-19)12-17(20-16)13-8-4-3-5-9-13/h3-12H,2H2,1H3/p+1. The van der Waals surface area contributed by atoms with Gasteiger partial charge in [-0.2, -0.15) is 0 Å². The van der Waals surface area contributed by atoms with Gasteiger partial charge < -0.3 is 4.42 Å². The minimum absolute atomic E-state index is 0.914. The zero-order valence-electron chi connectivity index (χ0n) is 11.9. The van der Waals surface area contributed by atoms with Gasteiger partial charge in [-0.05, 0) is 18.2 Å². The van der Waals surface area contributed by atoms with E-state index in [-0.39, 0.29) is 0 Å². The number of para-hydroxylation sites is 1. The number of aromatic nitrogens is 1. The zero-order valence-corrected chi connectivity index (χ0v) is 11.9. The van der Waals surface area contributed by atoms with Crippen LogP contribution in [0.5, 0.6) is 0 Å². The molecule has 21 heavy (non-hydrogen) atoms. The van der Waals surface area contributed by atoms with Gasteiger partial charge in [-0.1, -0.05) is 43.3 Å². The molecule has 0 spiro atoms. The van der Waals surface area contributed by atoms with Crippen LogP contribution < -0.4 is 4.98 Å². The maximum Gasteiger partial charge on any atom is 0.223 e. The number of aryl methyl sites for hydroxylation is 1. The molecule has 0 aliphatic rings. The highest BCUT2D eigenvalue weighted by molar-refractivity contribution is 6.06. The van der Waals surface area contributed by atoms with Gasteiger partial charge in [0.1, 0.15) is 5.58 Å². The highest BCUT2D eigenvalue weighted by atomic mass is 16.3. The Morgan fingerprint density at radius 3 is 2.48 bits per heavy atom. The molecule has 0 fully saturated rings. The first kappa shape index (κ1) is 12.2. The van der Waals surface area contributed by atoms with Crippen molar-refractivity contribution in [1.82, 2.24) is 0 Å². The second kappa shape index (κ2) is 4.74. The second-order valence-corrected chi connectivity index (χ2v) is 5.22. The van der Waals surface area contributed by atoms with E-state index in [1.807, 2.05) is 18.2 Å². The highest BCUT2D eigenvalue weighted by Crippen LogP contribution is 2.31. The third-order valence-corrected chi connectivity index (χ3v) is 3.92. The molecule has 2 aromatic carbocycles. The van der Waals surface area contributed by atoms with Crippen molar-refractivity contribution in [3.8, 4) is 11.3 Å². The lowest BCUT2D eigenvalue weighted by atomic mass is 10.1. The van der Waals surface area contributed by atoms with Crippen molar-refractivity contribution in [2.24, 2.45) is 0 Å². The fraction of sp³-hybridized carbons (Fsp3) is 0.105. The molecule has 2 heteroatoms. The van der Waals surface area contributed by atoms with Crippen molar-refractivity contribution in [2.45, 2.75) is 13.3 Å². The van der Waals surface area contributed by atoms with Crippen molar-refractivity contribution in [2.75, 3.05) is 0 Å². The largest absolute Gasteiger partial charge is 0.449 e. The van der Waals surface area contributed by atoms with Crippen LogP contribution in [-0.2, 0) is 6.42 Å². The molecule has 4 aromatic rings. The number of aromatic amines is 1. The van der Waals surface area contributed by atoms with Crippen LogP contribution in [0.4, 0.5) is 0 Å². The van der Waals surface area contributed by atoms with Crippen LogP contribution in [-0.4, -0.2) is 0 Å². The molecule has 0 saturated carbocycles. The summed E-state index contributed by atoms with van der Waals surface area (Å²) in [4.78, 5) is 3.52. The summed E-state index contributed by atoms with van der Waals surface area (Å²) < 4.78 is 6.03. The Hall–Kier alpha value is -2.61. The number of benzene rings is 2. The Kier molecular flexibility index (Phi) is 2.74. The summed E-state index contributed by atoms with van der Waals surface area (Å²) in [6.45, 7) is 2.15. The molecule has 2 aromatic heterocycles. The summed E-state index contributed by atoms with van der Waals surface area (Å²) in [5.41, 5.74) is 5.38. The van der Waals surface area contributed by atoms with E-state index < -0.39 is 0 Å². The monoisotopic (exact) mass is 274 g/mol. The predicted molar refractivity (Wildman–Crippen MR) is 85.1 cm³/mol. The smallest absolute Gasteiger partial charge is 0.223 e. The van der Waals surface area contributed by atoms with Crippen LogP contribution >= 0.6 is 0 Å². The zero-order chi connectivity index (χ0) is 14.2. The molecule has 0 aliphatic heterocycles. The van der Waals surface area contributed by atoms with Crippen molar-refractivity contribution in [1.29, 1.82) is 0 Å². The summed E-state index contributed by atoms with van der Waals surface area (Å²) in [6.07, 6.45) is 0.914. The molecular weight excluding hydrogens is 258 g/mol.